The Bertz CT molecular complexity index is 1060. The van der Waals surface area contributed by atoms with Crippen molar-refractivity contribution in [3.8, 4) is 0 Å². The number of benzene rings is 1. The van der Waals surface area contributed by atoms with Gasteiger partial charge in [-0.25, -0.2) is 0 Å². The van der Waals surface area contributed by atoms with Gasteiger partial charge in [-0.3, -0.25) is 8.98 Å². The Hall–Kier alpha value is -1.78. The first-order chi connectivity index (χ1) is 19.5. The highest BCUT2D eigenvalue weighted by Crippen LogP contribution is 2.43. The smallest absolute Gasteiger partial charge is 0.306 e. The van der Waals surface area contributed by atoms with Crippen LogP contribution in [0.15, 0.2) is 41.3 Å². The molecule has 8 nitrogen and oxygen atoms in total. The molecule has 0 spiro atoms. The van der Waals surface area contributed by atoms with Gasteiger partial charge in [0.2, 0.25) is 0 Å². The summed E-state index contributed by atoms with van der Waals surface area (Å²) in [5.41, 5.74) is 0.965. The molecule has 3 rings (SSSR count). The summed E-state index contributed by atoms with van der Waals surface area (Å²) in [7, 11) is -4.00. The van der Waals surface area contributed by atoms with Gasteiger partial charge in [0, 0.05) is 25.7 Å². The third kappa shape index (κ3) is 10.5. The van der Waals surface area contributed by atoms with Crippen LogP contribution in [-0.4, -0.2) is 56.8 Å². The lowest BCUT2D eigenvalue weighted by molar-refractivity contribution is -0.171. The number of esters is 1. The maximum Gasteiger partial charge on any atom is 0.306 e. The van der Waals surface area contributed by atoms with E-state index in [9.17, 15) is 18.3 Å². The highest BCUT2D eigenvalue weighted by molar-refractivity contribution is 7.86. The molecule has 1 saturated heterocycles. The van der Waals surface area contributed by atoms with Crippen LogP contribution < -0.4 is 0 Å². The van der Waals surface area contributed by atoms with Crippen molar-refractivity contribution in [3.63, 3.8) is 0 Å². The summed E-state index contributed by atoms with van der Waals surface area (Å²) in [6, 6.07) is 6.63. The zero-order chi connectivity index (χ0) is 29.9. The predicted octanol–water partition coefficient (Wildman–Crippen LogP) is 6.24. The number of hydrogen-bond donors (Lipinski definition) is 1. The number of ether oxygens (including phenoxy) is 3. The first-order valence-electron chi connectivity index (χ1n) is 15.4. The minimum absolute atomic E-state index is 0.116. The van der Waals surface area contributed by atoms with Gasteiger partial charge in [-0.05, 0) is 76.8 Å². The van der Waals surface area contributed by atoms with Gasteiger partial charge in [0.1, 0.15) is 0 Å². The zero-order valence-electron chi connectivity index (χ0n) is 25.3. The van der Waals surface area contributed by atoms with Crippen LogP contribution in [0.4, 0.5) is 0 Å². The number of hydrogen-bond acceptors (Lipinski definition) is 8. The average Bonchev–Trinajstić information content (AvgIpc) is 3.48. The number of rotatable bonds is 17. The highest BCUT2D eigenvalue weighted by Gasteiger charge is 2.46. The van der Waals surface area contributed by atoms with Gasteiger partial charge in [-0.15, -0.1) is 0 Å². The fraction of sp³-hybridized carbons (Fsp3) is 0.719. The Morgan fingerprint density at radius 3 is 2.44 bits per heavy atom. The molecule has 1 heterocycles. The van der Waals surface area contributed by atoms with Crippen molar-refractivity contribution in [2.45, 2.75) is 127 Å². The molecule has 4 atom stereocenters. The Labute approximate surface area is 246 Å². The Kier molecular flexibility index (Phi) is 13.3. The summed E-state index contributed by atoms with van der Waals surface area (Å²) in [6.07, 6.45) is 10.5. The lowest BCUT2D eigenvalue weighted by Crippen LogP contribution is -2.33. The Balaban J connectivity index is 1.69. The summed E-state index contributed by atoms with van der Waals surface area (Å²) in [6.45, 7) is 8.84. The van der Waals surface area contributed by atoms with E-state index >= 15 is 0 Å². The summed E-state index contributed by atoms with van der Waals surface area (Å²) in [5.74, 6) is -1.21. The first kappa shape index (κ1) is 33.7. The van der Waals surface area contributed by atoms with E-state index in [-0.39, 0.29) is 35.2 Å². The van der Waals surface area contributed by atoms with Crippen LogP contribution in [0.2, 0.25) is 0 Å². The second kappa shape index (κ2) is 16.2. The predicted molar refractivity (Wildman–Crippen MR) is 158 cm³/mol. The molecule has 0 aromatic heterocycles. The molecule has 1 N–H and O–H groups in total. The van der Waals surface area contributed by atoms with Gasteiger partial charge in [0.25, 0.3) is 10.1 Å². The van der Waals surface area contributed by atoms with E-state index < -0.39 is 28.1 Å². The Morgan fingerprint density at radius 2 is 1.78 bits per heavy atom. The van der Waals surface area contributed by atoms with Gasteiger partial charge >= 0.3 is 5.97 Å². The molecule has 1 saturated carbocycles. The maximum absolute atomic E-state index is 13.2. The van der Waals surface area contributed by atoms with Crippen molar-refractivity contribution in [3.05, 3.63) is 42.0 Å². The second-order valence-corrected chi connectivity index (χ2v) is 13.3. The minimum Gasteiger partial charge on any atom is -0.463 e. The molecule has 0 amide bonds. The van der Waals surface area contributed by atoms with E-state index in [0.29, 0.717) is 45.3 Å². The van der Waals surface area contributed by atoms with Gasteiger partial charge in [-0.2, -0.15) is 8.42 Å². The third-order valence-electron chi connectivity index (χ3n) is 8.08. The first-order valence-corrected chi connectivity index (χ1v) is 16.8. The second-order valence-electron chi connectivity index (χ2n) is 11.8. The molecule has 2 aliphatic rings. The van der Waals surface area contributed by atoms with Gasteiger partial charge in [0.15, 0.2) is 5.79 Å². The molecule has 2 fully saturated rings. The number of unbranched alkanes of at least 4 members (excludes halogenated alkanes) is 3. The van der Waals surface area contributed by atoms with Crippen molar-refractivity contribution in [2.24, 2.45) is 11.8 Å². The average molecular weight is 595 g/mol. The molecular weight excluding hydrogens is 544 g/mol. The van der Waals surface area contributed by atoms with E-state index in [1.165, 1.54) is 0 Å². The summed E-state index contributed by atoms with van der Waals surface area (Å²) in [4.78, 5) is 11.9. The topological polar surface area (TPSA) is 108 Å². The standard InChI is InChI=1S/C32H50O8S/c1-5-6-11-19-32(37-21-22-38-32)20-18-28-27(12-9-7-8-10-13-31(34)39-24(2)3)29(33)23-30(28)40-41(35,36)26-16-14-25(4)15-17-26/h7,9,14-17,24,27-30,33H,5-6,8,10-13,18-23H2,1-4H3/b9-7-/t27-,28-,29+,30-/m1/s1. The molecular formula is C32H50O8S. The van der Waals surface area contributed by atoms with Crippen molar-refractivity contribution in [1.29, 1.82) is 0 Å². The molecule has 232 valence electrons. The van der Waals surface area contributed by atoms with Crippen molar-refractivity contribution < 1.29 is 36.7 Å². The zero-order valence-corrected chi connectivity index (χ0v) is 26.1. The molecule has 41 heavy (non-hydrogen) atoms. The Morgan fingerprint density at radius 1 is 1.07 bits per heavy atom. The van der Waals surface area contributed by atoms with Crippen molar-refractivity contribution in [2.75, 3.05) is 13.2 Å². The monoisotopic (exact) mass is 594 g/mol. The third-order valence-corrected chi connectivity index (χ3v) is 9.43. The summed E-state index contributed by atoms with van der Waals surface area (Å²) < 4.78 is 49.6. The largest absolute Gasteiger partial charge is 0.463 e. The molecule has 1 aromatic carbocycles. The molecule has 1 aliphatic carbocycles. The highest BCUT2D eigenvalue weighted by atomic mass is 32.2. The number of aryl methyl sites for hydroxylation is 1. The number of allylic oxidation sites excluding steroid dienone is 2. The number of carbonyl (C=O) groups excluding carboxylic acids is 1. The lowest BCUT2D eigenvalue weighted by Gasteiger charge is -2.31. The van der Waals surface area contributed by atoms with E-state index in [2.05, 4.69) is 6.92 Å². The van der Waals surface area contributed by atoms with Gasteiger partial charge < -0.3 is 19.3 Å². The van der Waals surface area contributed by atoms with Crippen LogP contribution in [-0.2, 0) is 33.3 Å². The van der Waals surface area contributed by atoms with Crippen LogP contribution >= 0.6 is 0 Å². The quantitative estimate of drug-likeness (QED) is 0.0978. The van der Waals surface area contributed by atoms with E-state index in [4.69, 9.17) is 18.4 Å². The SMILES string of the molecule is CCCCCC1(CC[C@@H]2[C@@H](C/C=C\CCCC(=O)OC(C)C)[C@@H](O)C[C@H]2OS(=O)(=O)c2ccc(C)cc2)OCCO1. The maximum atomic E-state index is 13.2. The van der Waals surface area contributed by atoms with Gasteiger partial charge in [-0.1, -0.05) is 49.6 Å². The van der Waals surface area contributed by atoms with Crippen molar-refractivity contribution >= 4 is 16.1 Å². The van der Waals surface area contributed by atoms with Crippen LogP contribution in [0.5, 0.6) is 0 Å². The van der Waals surface area contributed by atoms with Crippen molar-refractivity contribution in [1.82, 2.24) is 0 Å². The van der Waals surface area contributed by atoms with E-state index in [0.717, 1.165) is 37.7 Å². The van der Waals surface area contributed by atoms with Crippen LogP contribution in [0.1, 0.15) is 97.0 Å². The number of aliphatic hydroxyl groups excluding tert-OH is 1. The fourth-order valence-electron chi connectivity index (χ4n) is 5.91. The normalized spacial score (nSPS) is 24.4. The molecule has 1 aromatic rings. The molecule has 0 radical (unpaired) electrons. The number of carbonyl (C=O) groups is 1. The molecule has 0 unspecified atom stereocenters. The van der Waals surface area contributed by atoms with E-state index in [1.807, 2.05) is 32.9 Å². The summed E-state index contributed by atoms with van der Waals surface area (Å²) >= 11 is 0. The molecule has 1 aliphatic heterocycles. The van der Waals surface area contributed by atoms with Crippen LogP contribution in [0.25, 0.3) is 0 Å². The molecule has 9 heteroatoms. The van der Waals surface area contributed by atoms with Crippen LogP contribution in [0.3, 0.4) is 0 Å². The number of aliphatic hydroxyl groups is 1. The lowest BCUT2D eigenvalue weighted by atomic mass is 9.85. The summed E-state index contributed by atoms with van der Waals surface area (Å²) in [5, 5.41) is 11.1. The van der Waals surface area contributed by atoms with Crippen LogP contribution in [0, 0.1) is 18.8 Å². The van der Waals surface area contributed by atoms with Gasteiger partial charge in [0.05, 0.1) is 36.4 Å². The van der Waals surface area contributed by atoms with E-state index in [1.54, 1.807) is 24.3 Å². The molecule has 0 bridgehead atoms. The fourth-order valence-corrected chi connectivity index (χ4v) is 7.04. The minimum atomic E-state index is -4.00.